The first kappa shape index (κ1) is 14.6. The number of hydrogen-bond acceptors (Lipinski definition) is 6. The molecule has 8 heteroatoms. The molecule has 2 heterocycles. The van der Waals surface area contributed by atoms with Crippen LogP contribution >= 0.6 is 22.9 Å². The highest BCUT2D eigenvalue weighted by molar-refractivity contribution is 7.18. The van der Waals surface area contributed by atoms with E-state index in [1.54, 1.807) is 13.0 Å². The zero-order valence-corrected chi connectivity index (χ0v) is 12.8. The van der Waals surface area contributed by atoms with E-state index in [2.05, 4.69) is 14.9 Å². The van der Waals surface area contributed by atoms with Crippen LogP contribution in [0.3, 0.4) is 0 Å². The summed E-state index contributed by atoms with van der Waals surface area (Å²) in [6.07, 6.45) is 0. The Bertz CT molecular complexity index is 661. The molecule has 0 spiro atoms. The van der Waals surface area contributed by atoms with Crippen LogP contribution in [0.15, 0.2) is 6.07 Å². The van der Waals surface area contributed by atoms with Crippen LogP contribution in [0.1, 0.15) is 50.4 Å². The zero-order valence-electron chi connectivity index (χ0n) is 11.1. The van der Waals surface area contributed by atoms with E-state index < -0.39 is 5.97 Å². The van der Waals surface area contributed by atoms with Crippen molar-refractivity contribution in [2.24, 2.45) is 0 Å². The number of thiophene rings is 1. The van der Waals surface area contributed by atoms with E-state index in [4.69, 9.17) is 5.11 Å². The fourth-order valence-electron chi connectivity index (χ4n) is 1.66. The summed E-state index contributed by atoms with van der Waals surface area (Å²) in [7, 11) is 0. The average molecular weight is 311 g/mol. The highest BCUT2D eigenvalue weighted by Crippen LogP contribution is 2.28. The molecule has 0 saturated heterocycles. The van der Waals surface area contributed by atoms with Crippen LogP contribution in [0.25, 0.3) is 0 Å². The lowest BCUT2D eigenvalue weighted by molar-refractivity contribution is 0.0701. The lowest BCUT2D eigenvalue weighted by atomic mass is 10.1. The maximum absolute atomic E-state index is 12.2. The highest BCUT2D eigenvalue weighted by Gasteiger charge is 2.20. The molecule has 0 bridgehead atoms. The molecule has 0 aliphatic rings. The summed E-state index contributed by atoms with van der Waals surface area (Å²) in [5.74, 6) is -1.19. The first-order valence-electron chi connectivity index (χ1n) is 5.87. The fraction of sp³-hybridized carbons (Fsp3) is 0.333. The van der Waals surface area contributed by atoms with Gasteiger partial charge < -0.3 is 10.4 Å². The second-order valence-electron chi connectivity index (χ2n) is 4.52. The predicted octanol–water partition coefficient (Wildman–Crippen LogP) is 2.98. The van der Waals surface area contributed by atoms with Gasteiger partial charge in [0, 0.05) is 0 Å². The van der Waals surface area contributed by atoms with E-state index in [9.17, 15) is 9.59 Å². The van der Waals surface area contributed by atoms with Gasteiger partial charge in [0.2, 0.25) is 0 Å². The van der Waals surface area contributed by atoms with Crippen LogP contribution in [-0.4, -0.2) is 26.6 Å². The minimum Gasteiger partial charge on any atom is -0.477 e. The number of carbonyl (C=O) groups is 2. The van der Waals surface area contributed by atoms with Crippen molar-refractivity contribution in [2.75, 3.05) is 5.32 Å². The van der Waals surface area contributed by atoms with Crippen molar-refractivity contribution in [3.05, 3.63) is 27.1 Å². The van der Waals surface area contributed by atoms with E-state index in [1.165, 1.54) is 0 Å². The summed E-state index contributed by atoms with van der Waals surface area (Å²) >= 11 is 2.08. The van der Waals surface area contributed by atoms with Crippen molar-refractivity contribution in [1.82, 2.24) is 9.59 Å². The number of carboxylic acids is 1. The Hall–Kier alpha value is -1.80. The number of carbonyl (C=O) groups excluding carboxylic acids is 1. The van der Waals surface area contributed by atoms with Crippen LogP contribution in [0.4, 0.5) is 5.00 Å². The van der Waals surface area contributed by atoms with Gasteiger partial charge in [-0.15, -0.1) is 16.4 Å². The van der Waals surface area contributed by atoms with Crippen LogP contribution in [0, 0.1) is 6.92 Å². The molecule has 1 amide bonds. The Morgan fingerprint density at radius 3 is 2.60 bits per heavy atom. The summed E-state index contributed by atoms with van der Waals surface area (Å²) in [5, 5.41) is 16.1. The summed E-state index contributed by atoms with van der Waals surface area (Å²) in [6, 6.07) is 1.65. The molecule has 106 valence electrons. The molecule has 0 radical (unpaired) electrons. The van der Waals surface area contributed by atoms with Gasteiger partial charge >= 0.3 is 5.97 Å². The monoisotopic (exact) mass is 311 g/mol. The summed E-state index contributed by atoms with van der Waals surface area (Å²) < 4.78 is 3.80. The maximum atomic E-state index is 12.2. The van der Waals surface area contributed by atoms with Gasteiger partial charge in [0.1, 0.15) is 9.75 Å². The van der Waals surface area contributed by atoms with Crippen molar-refractivity contribution in [2.45, 2.75) is 26.7 Å². The van der Waals surface area contributed by atoms with Crippen molar-refractivity contribution in [3.8, 4) is 0 Å². The molecular formula is C12H13N3O3S2. The third kappa shape index (κ3) is 2.86. The SMILES string of the molecule is Cc1cc(NC(=O)c2snnc2C(C)C)sc1C(=O)O. The zero-order chi connectivity index (χ0) is 14.9. The van der Waals surface area contributed by atoms with Crippen LogP contribution < -0.4 is 5.32 Å². The Kier molecular flexibility index (Phi) is 4.15. The Balaban J connectivity index is 2.22. The van der Waals surface area contributed by atoms with Crippen LogP contribution in [-0.2, 0) is 0 Å². The van der Waals surface area contributed by atoms with E-state index in [1.807, 2.05) is 13.8 Å². The molecule has 2 N–H and O–H groups in total. The van der Waals surface area contributed by atoms with Crippen LogP contribution in [0.5, 0.6) is 0 Å². The lowest BCUT2D eigenvalue weighted by Crippen LogP contribution is -2.12. The first-order valence-corrected chi connectivity index (χ1v) is 7.46. The van der Waals surface area contributed by atoms with E-state index in [0.717, 1.165) is 22.9 Å². The quantitative estimate of drug-likeness (QED) is 0.905. The largest absolute Gasteiger partial charge is 0.477 e. The van der Waals surface area contributed by atoms with Crippen LogP contribution in [0.2, 0.25) is 0 Å². The fourth-order valence-corrected chi connectivity index (χ4v) is 3.28. The molecule has 0 aromatic carbocycles. The minimum absolute atomic E-state index is 0.106. The predicted molar refractivity (Wildman–Crippen MR) is 78.0 cm³/mol. The number of rotatable bonds is 4. The highest BCUT2D eigenvalue weighted by atomic mass is 32.1. The van der Waals surface area contributed by atoms with Gasteiger partial charge in [-0.2, -0.15) is 0 Å². The van der Waals surface area contributed by atoms with E-state index in [0.29, 0.717) is 21.1 Å². The first-order chi connectivity index (χ1) is 9.40. The standard InChI is InChI=1S/C12H13N3O3S2/c1-5(2)8-10(20-15-14-8)11(16)13-7-4-6(3)9(19-7)12(17)18/h4-5H,1-3H3,(H,13,16)(H,17,18). The summed E-state index contributed by atoms with van der Waals surface area (Å²) in [4.78, 5) is 23.8. The van der Waals surface area contributed by atoms with Gasteiger partial charge in [-0.25, -0.2) is 4.79 Å². The second kappa shape index (κ2) is 5.68. The Labute approximate surface area is 123 Å². The number of hydrogen-bond donors (Lipinski definition) is 2. The molecule has 0 fully saturated rings. The molecule has 0 aliphatic carbocycles. The molecule has 2 aromatic rings. The number of aromatic carboxylic acids is 1. The topological polar surface area (TPSA) is 92.2 Å². The third-order valence-electron chi connectivity index (χ3n) is 2.62. The number of anilines is 1. The van der Waals surface area contributed by atoms with Crippen molar-refractivity contribution in [1.29, 1.82) is 0 Å². The van der Waals surface area contributed by atoms with Crippen molar-refractivity contribution < 1.29 is 14.7 Å². The van der Waals surface area contributed by atoms with Gasteiger partial charge in [-0.05, 0) is 36.0 Å². The van der Waals surface area contributed by atoms with E-state index in [-0.39, 0.29) is 16.7 Å². The molecule has 2 rings (SSSR count). The molecule has 0 aliphatic heterocycles. The number of aromatic nitrogens is 2. The molecule has 6 nitrogen and oxygen atoms in total. The van der Waals surface area contributed by atoms with E-state index >= 15 is 0 Å². The minimum atomic E-state index is -0.990. The second-order valence-corrected chi connectivity index (χ2v) is 6.33. The molecule has 0 saturated carbocycles. The lowest BCUT2D eigenvalue weighted by Gasteiger charge is -2.03. The van der Waals surface area contributed by atoms with Gasteiger partial charge in [0.15, 0.2) is 0 Å². The number of amides is 1. The average Bonchev–Trinajstić information content (AvgIpc) is 2.95. The summed E-state index contributed by atoms with van der Waals surface area (Å²) in [5.41, 5.74) is 1.28. The smallest absolute Gasteiger partial charge is 0.346 e. The van der Waals surface area contributed by atoms with Gasteiger partial charge in [0.25, 0.3) is 5.91 Å². The molecule has 0 atom stereocenters. The number of aryl methyl sites for hydroxylation is 1. The normalized spacial score (nSPS) is 10.8. The number of nitrogens with one attached hydrogen (secondary N) is 1. The van der Waals surface area contributed by atoms with Gasteiger partial charge in [-0.3, -0.25) is 4.79 Å². The molecular weight excluding hydrogens is 298 g/mol. The number of carboxylic acid groups (broad SMARTS) is 1. The summed E-state index contributed by atoms with van der Waals surface area (Å²) in [6.45, 7) is 5.57. The Morgan fingerprint density at radius 2 is 2.05 bits per heavy atom. The third-order valence-corrected chi connectivity index (χ3v) is 4.50. The molecule has 20 heavy (non-hydrogen) atoms. The molecule has 0 unspecified atom stereocenters. The van der Waals surface area contributed by atoms with Gasteiger partial charge in [-0.1, -0.05) is 18.3 Å². The Morgan fingerprint density at radius 1 is 1.35 bits per heavy atom. The van der Waals surface area contributed by atoms with Crippen molar-refractivity contribution >= 4 is 39.7 Å². The number of nitrogens with zero attached hydrogens (tertiary/aromatic N) is 2. The maximum Gasteiger partial charge on any atom is 0.346 e. The molecule has 2 aromatic heterocycles. The van der Waals surface area contributed by atoms with Gasteiger partial charge in [0.05, 0.1) is 10.7 Å². The van der Waals surface area contributed by atoms with Crippen molar-refractivity contribution in [3.63, 3.8) is 0 Å².